The van der Waals surface area contributed by atoms with Crippen molar-refractivity contribution in [3.63, 3.8) is 0 Å². The quantitative estimate of drug-likeness (QED) is 0.245. The first-order chi connectivity index (χ1) is 15.7. The highest BCUT2D eigenvalue weighted by atomic mass is 35.5. The average molecular weight is 467 g/mol. The smallest absolute Gasteiger partial charge is 0.413 e. The van der Waals surface area contributed by atoms with E-state index in [-0.39, 0.29) is 0 Å². The second kappa shape index (κ2) is 9.07. The van der Waals surface area contributed by atoms with Gasteiger partial charge in [0.25, 0.3) is 0 Å². The minimum atomic E-state index is -0.573. The number of benzene rings is 2. The van der Waals surface area contributed by atoms with Crippen molar-refractivity contribution in [3.05, 3.63) is 65.7 Å². The number of carbonyl (C=O) groups excluding carboxylic acids is 1. The van der Waals surface area contributed by atoms with E-state index in [0.29, 0.717) is 23.8 Å². The van der Waals surface area contributed by atoms with E-state index in [2.05, 4.69) is 49.8 Å². The van der Waals surface area contributed by atoms with Gasteiger partial charge in [0, 0.05) is 45.3 Å². The molecule has 0 radical (unpaired) electrons. The van der Waals surface area contributed by atoms with Gasteiger partial charge in [-0.3, -0.25) is 10.4 Å². The van der Waals surface area contributed by atoms with Gasteiger partial charge in [0.15, 0.2) is 0 Å². The lowest BCUT2D eigenvalue weighted by Crippen LogP contribution is -2.36. The molecular formula is C24H27ClN6O2. The monoisotopic (exact) mass is 466 g/mol. The zero-order valence-corrected chi connectivity index (χ0v) is 19.6. The van der Waals surface area contributed by atoms with E-state index in [4.69, 9.17) is 16.3 Å². The number of H-pyrrole nitrogens is 2. The molecule has 5 N–H and O–H groups in total. The van der Waals surface area contributed by atoms with Gasteiger partial charge in [0.05, 0.1) is 11.9 Å². The number of aromatic nitrogens is 3. The highest BCUT2D eigenvalue weighted by Crippen LogP contribution is 2.33. The van der Waals surface area contributed by atoms with Gasteiger partial charge >= 0.3 is 6.09 Å². The largest absolute Gasteiger partial charge is 0.444 e. The number of alkyl carbamates (subject to hydrolysis) is 1. The third-order valence-corrected chi connectivity index (χ3v) is 5.16. The van der Waals surface area contributed by atoms with E-state index >= 15 is 0 Å². The van der Waals surface area contributed by atoms with Gasteiger partial charge < -0.3 is 20.4 Å². The lowest BCUT2D eigenvalue weighted by molar-refractivity contribution is 0.0542. The molecule has 0 aliphatic rings. The molecule has 8 nitrogen and oxygen atoms in total. The topological polar surface area (TPSA) is 107 Å². The maximum atomic E-state index is 11.9. The summed E-state index contributed by atoms with van der Waals surface area (Å²) in [4.78, 5) is 15.4. The molecule has 0 atom stereocenters. The molecule has 0 saturated heterocycles. The lowest BCUT2D eigenvalue weighted by Gasteiger charge is -2.20. The summed E-state index contributed by atoms with van der Waals surface area (Å²) in [6.45, 7) is 9.86. The van der Waals surface area contributed by atoms with Crippen LogP contribution in [-0.2, 0) is 11.2 Å². The van der Waals surface area contributed by atoms with Crippen LogP contribution in [0.3, 0.4) is 0 Å². The fourth-order valence-electron chi connectivity index (χ4n) is 3.62. The fourth-order valence-corrected chi connectivity index (χ4v) is 3.79. The number of hydrogen-bond acceptors (Lipinski definition) is 5. The van der Waals surface area contributed by atoms with Crippen LogP contribution in [0.15, 0.2) is 55.1 Å². The van der Waals surface area contributed by atoms with E-state index in [1.165, 1.54) is 0 Å². The van der Waals surface area contributed by atoms with Gasteiger partial charge in [-0.05, 0) is 63.1 Å². The Balaban J connectivity index is 1.55. The van der Waals surface area contributed by atoms with Crippen LogP contribution in [0.2, 0.25) is 5.02 Å². The van der Waals surface area contributed by atoms with Crippen LogP contribution in [0.25, 0.3) is 21.8 Å². The molecule has 33 heavy (non-hydrogen) atoms. The predicted molar refractivity (Wildman–Crippen MR) is 133 cm³/mol. The van der Waals surface area contributed by atoms with Crippen molar-refractivity contribution >= 4 is 50.9 Å². The molecule has 0 fully saturated rings. The number of halogens is 1. The number of ether oxygens (including phenoxy) is 1. The summed E-state index contributed by atoms with van der Waals surface area (Å²) >= 11 is 6.26. The molecular weight excluding hydrogens is 440 g/mol. The minimum absolute atomic E-state index is 0.386. The normalized spacial score (nSPS) is 11.5. The number of fused-ring (bicyclic) bond motifs is 3. The Kier molecular flexibility index (Phi) is 6.20. The third-order valence-electron chi connectivity index (χ3n) is 4.92. The standard InChI is InChI=1S/C24H27ClN6O2/c1-14(29-23(32)33-24(2,3)4)26-8-7-15-9-17(30-18-12-27-28-13-18)11-20-19-10-16(25)5-6-21(19)31-22(15)20/h5-6,9-13,26,30-31H,1,7-8H2,2-4H3,(H,27,28)(H,29,32). The van der Waals surface area contributed by atoms with E-state index < -0.39 is 11.7 Å². The van der Waals surface area contributed by atoms with Crippen LogP contribution in [0.5, 0.6) is 0 Å². The Morgan fingerprint density at radius 1 is 1.18 bits per heavy atom. The van der Waals surface area contributed by atoms with Crippen LogP contribution in [-0.4, -0.2) is 33.4 Å². The summed E-state index contributed by atoms with van der Waals surface area (Å²) in [6.07, 6.45) is 3.67. The molecule has 4 rings (SSSR count). The lowest BCUT2D eigenvalue weighted by atomic mass is 10.0. The average Bonchev–Trinajstić information content (AvgIpc) is 3.34. The second-order valence-corrected chi connectivity index (χ2v) is 9.20. The zero-order valence-electron chi connectivity index (χ0n) is 18.8. The SMILES string of the molecule is C=C(NCCc1cc(Nc2cn[nH]c2)cc2c1[nH]c1ccc(Cl)cc12)NC(=O)OC(C)(C)C. The summed E-state index contributed by atoms with van der Waals surface area (Å²) in [5.41, 5.74) is 4.38. The van der Waals surface area contributed by atoms with Gasteiger partial charge in [0.2, 0.25) is 0 Å². The summed E-state index contributed by atoms with van der Waals surface area (Å²) in [5.74, 6) is 0.386. The zero-order chi connectivity index (χ0) is 23.6. The van der Waals surface area contributed by atoms with Gasteiger partial charge in [-0.15, -0.1) is 0 Å². The maximum absolute atomic E-state index is 11.9. The first-order valence-corrected chi connectivity index (χ1v) is 11.0. The van der Waals surface area contributed by atoms with E-state index in [9.17, 15) is 4.79 Å². The number of nitrogens with one attached hydrogen (secondary N) is 5. The van der Waals surface area contributed by atoms with Crippen molar-refractivity contribution in [1.82, 2.24) is 25.8 Å². The van der Waals surface area contributed by atoms with Crippen LogP contribution in [0.1, 0.15) is 26.3 Å². The predicted octanol–water partition coefficient (Wildman–Crippen LogP) is 5.57. The Morgan fingerprint density at radius 3 is 2.73 bits per heavy atom. The molecule has 0 bridgehead atoms. The molecule has 9 heteroatoms. The molecule has 2 aromatic heterocycles. The molecule has 1 amide bonds. The summed E-state index contributed by atoms with van der Waals surface area (Å²) in [5, 5.41) is 18.8. The van der Waals surface area contributed by atoms with Crippen LogP contribution < -0.4 is 16.0 Å². The van der Waals surface area contributed by atoms with Crippen molar-refractivity contribution in [3.8, 4) is 0 Å². The molecule has 0 spiro atoms. The van der Waals surface area contributed by atoms with E-state index in [1.54, 1.807) is 12.4 Å². The Labute approximate surface area is 196 Å². The molecule has 172 valence electrons. The molecule has 2 heterocycles. The number of rotatable bonds is 7. The molecule has 4 aromatic rings. The number of nitrogens with zero attached hydrogens (tertiary/aromatic N) is 1. The summed E-state index contributed by atoms with van der Waals surface area (Å²) < 4.78 is 5.26. The number of aromatic amines is 2. The van der Waals surface area contributed by atoms with Crippen molar-refractivity contribution in [2.75, 3.05) is 11.9 Å². The first-order valence-electron chi connectivity index (χ1n) is 10.6. The van der Waals surface area contributed by atoms with Gasteiger partial charge in [-0.1, -0.05) is 18.2 Å². The Bertz CT molecular complexity index is 1300. The molecule has 0 saturated carbocycles. The molecule has 0 aliphatic carbocycles. The Morgan fingerprint density at radius 2 is 2.00 bits per heavy atom. The van der Waals surface area contributed by atoms with Gasteiger partial charge in [0.1, 0.15) is 11.4 Å². The highest BCUT2D eigenvalue weighted by molar-refractivity contribution is 6.31. The number of anilines is 2. The molecule has 0 aliphatic heterocycles. The highest BCUT2D eigenvalue weighted by Gasteiger charge is 2.16. The number of amides is 1. The second-order valence-electron chi connectivity index (χ2n) is 8.77. The van der Waals surface area contributed by atoms with Crippen LogP contribution in [0, 0.1) is 0 Å². The number of hydrogen-bond donors (Lipinski definition) is 5. The molecule has 0 unspecified atom stereocenters. The third kappa shape index (κ3) is 5.59. The van der Waals surface area contributed by atoms with Crippen LogP contribution in [0.4, 0.5) is 16.2 Å². The van der Waals surface area contributed by atoms with Gasteiger partial charge in [-0.2, -0.15) is 5.10 Å². The molecule has 2 aromatic carbocycles. The Hall–Kier alpha value is -3.65. The van der Waals surface area contributed by atoms with Crippen molar-refractivity contribution in [2.24, 2.45) is 0 Å². The van der Waals surface area contributed by atoms with E-state index in [1.807, 2.05) is 39.0 Å². The summed E-state index contributed by atoms with van der Waals surface area (Å²) in [6, 6.07) is 10.0. The number of carbonyl (C=O) groups is 1. The van der Waals surface area contributed by atoms with Crippen molar-refractivity contribution in [2.45, 2.75) is 32.8 Å². The first kappa shape index (κ1) is 22.5. The fraction of sp³-hybridized carbons (Fsp3) is 0.250. The maximum Gasteiger partial charge on any atom is 0.413 e. The van der Waals surface area contributed by atoms with Crippen molar-refractivity contribution in [1.29, 1.82) is 0 Å². The minimum Gasteiger partial charge on any atom is -0.444 e. The van der Waals surface area contributed by atoms with E-state index in [0.717, 1.165) is 38.7 Å². The van der Waals surface area contributed by atoms with Crippen LogP contribution >= 0.6 is 11.6 Å². The summed E-state index contributed by atoms with van der Waals surface area (Å²) in [7, 11) is 0. The van der Waals surface area contributed by atoms with Crippen molar-refractivity contribution < 1.29 is 9.53 Å². The van der Waals surface area contributed by atoms with Gasteiger partial charge in [-0.25, -0.2) is 4.79 Å².